The summed E-state index contributed by atoms with van der Waals surface area (Å²) in [6.07, 6.45) is 0.923. The van der Waals surface area contributed by atoms with Crippen LogP contribution in [0.2, 0.25) is 0 Å². The third kappa shape index (κ3) is 8.77. The highest BCUT2D eigenvalue weighted by atomic mass is 79.9. The second-order valence-corrected chi connectivity index (χ2v) is 9.13. The summed E-state index contributed by atoms with van der Waals surface area (Å²) >= 11 is 6.68. The molecule has 2 atom stereocenters. The lowest BCUT2D eigenvalue weighted by molar-refractivity contribution is -0.124. The Morgan fingerprint density at radius 3 is 2.43 bits per heavy atom. The minimum atomic E-state index is -1.01. The van der Waals surface area contributed by atoms with Gasteiger partial charge in [-0.2, -0.15) is 0 Å². The summed E-state index contributed by atoms with van der Waals surface area (Å²) in [5.41, 5.74) is 2.74. The summed E-state index contributed by atoms with van der Waals surface area (Å²) in [6.45, 7) is 3.53. The highest BCUT2D eigenvalue weighted by Crippen LogP contribution is 2.39. The zero-order chi connectivity index (χ0) is 26.0. The van der Waals surface area contributed by atoms with Crippen molar-refractivity contribution in [3.63, 3.8) is 0 Å². The van der Waals surface area contributed by atoms with Crippen molar-refractivity contribution < 1.29 is 34.2 Å². The van der Waals surface area contributed by atoms with E-state index in [-0.39, 0.29) is 11.5 Å². The number of anilines is 1. The van der Waals surface area contributed by atoms with Crippen LogP contribution in [0.15, 0.2) is 57.5 Å². The van der Waals surface area contributed by atoms with Gasteiger partial charge in [0.05, 0.1) is 10.6 Å². The number of hydrogen-bond acceptors (Lipinski definition) is 7. The van der Waals surface area contributed by atoms with Crippen LogP contribution in [0.4, 0.5) is 10.5 Å². The number of benzene rings is 2. The Morgan fingerprint density at radius 1 is 1.14 bits per heavy atom. The SMILES string of the molecule is CCO[C@H](CC/C=C/C(=O)NO)[C@H](OC(=O)Nc1ccc(C(C)=O)cc1)c1cc(Br)cc(Br)c1O. The van der Waals surface area contributed by atoms with Crippen LogP contribution < -0.4 is 10.8 Å². The van der Waals surface area contributed by atoms with Gasteiger partial charge in [0.2, 0.25) is 0 Å². The molecule has 2 amide bonds. The Balaban J connectivity index is 2.31. The molecule has 188 valence electrons. The van der Waals surface area contributed by atoms with Gasteiger partial charge in [0.15, 0.2) is 11.9 Å². The van der Waals surface area contributed by atoms with E-state index in [4.69, 9.17) is 14.7 Å². The number of rotatable bonds is 11. The van der Waals surface area contributed by atoms with Crippen LogP contribution in [0.1, 0.15) is 48.7 Å². The van der Waals surface area contributed by atoms with Crippen molar-refractivity contribution in [2.45, 2.75) is 38.9 Å². The summed E-state index contributed by atoms with van der Waals surface area (Å²) in [5.74, 6) is -0.883. The second-order valence-electron chi connectivity index (χ2n) is 7.36. The zero-order valence-electron chi connectivity index (χ0n) is 19.1. The smallest absolute Gasteiger partial charge is 0.412 e. The van der Waals surface area contributed by atoms with Gasteiger partial charge in [0.25, 0.3) is 5.91 Å². The molecular formula is C24H26Br2N2O7. The van der Waals surface area contributed by atoms with Crippen LogP contribution in [0.25, 0.3) is 0 Å². The number of ether oxygens (including phenoxy) is 2. The van der Waals surface area contributed by atoms with Gasteiger partial charge in [-0.05, 0) is 79.0 Å². The number of ketones is 1. The molecule has 35 heavy (non-hydrogen) atoms. The summed E-state index contributed by atoms with van der Waals surface area (Å²) in [5, 5.41) is 21.9. The minimum Gasteiger partial charge on any atom is -0.506 e. The Labute approximate surface area is 219 Å². The number of aromatic hydroxyl groups is 1. The molecule has 0 unspecified atom stereocenters. The lowest BCUT2D eigenvalue weighted by atomic mass is 9.99. The first-order valence-electron chi connectivity index (χ1n) is 10.6. The van der Waals surface area contributed by atoms with Crippen LogP contribution in [0.3, 0.4) is 0 Å². The first-order chi connectivity index (χ1) is 16.7. The van der Waals surface area contributed by atoms with Crippen molar-refractivity contribution in [1.29, 1.82) is 0 Å². The average molecular weight is 614 g/mol. The van der Waals surface area contributed by atoms with Gasteiger partial charge in [-0.25, -0.2) is 10.3 Å². The summed E-state index contributed by atoms with van der Waals surface area (Å²) in [7, 11) is 0. The lowest BCUT2D eigenvalue weighted by Crippen LogP contribution is -2.29. The minimum absolute atomic E-state index is 0.0972. The molecule has 0 aliphatic carbocycles. The first-order valence-corrected chi connectivity index (χ1v) is 12.2. The van der Waals surface area contributed by atoms with E-state index in [0.29, 0.717) is 45.2 Å². The van der Waals surface area contributed by atoms with E-state index in [0.717, 1.165) is 0 Å². The molecule has 0 radical (unpaired) electrons. The van der Waals surface area contributed by atoms with E-state index in [1.54, 1.807) is 49.4 Å². The molecule has 0 saturated carbocycles. The third-order valence-electron chi connectivity index (χ3n) is 4.85. The van der Waals surface area contributed by atoms with Gasteiger partial charge in [-0.1, -0.05) is 22.0 Å². The molecule has 2 aromatic rings. The maximum atomic E-state index is 12.8. The largest absolute Gasteiger partial charge is 0.506 e. The molecule has 0 fully saturated rings. The van der Waals surface area contributed by atoms with Crippen molar-refractivity contribution in [3.05, 3.63) is 68.6 Å². The molecule has 0 aromatic heterocycles. The van der Waals surface area contributed by atoms with E-state index < -0.39 is 24.2 Å². The number of nitrogens with one attached hydrogen (secondary N) is 2. The summed E-state index contributed by atoms with van der Waals surface area (Å²) < 4.78 is 12.6. The number of phenolic OH excluding ortho intramolecular Hbond substituents is 1. The summed E-state index contributed by atoms with van der Waals surface area (Å²) in [6, 6.07) is 9.61. The molecule has 0 bridgehead atoms. The number of carbonyl (C=O) groups excluding carboxylic acids is 3. The van der Waals surface area contributed by atoms with E-state index >= 15 is 0 Å². The number of amides is 2. The molecule has 11 heteroatoms. The molecule has 0 aliphatic rings. The maximum Gasteiger partial charge on any atom is 0.412 e. The van der Waals surface area contributed by atoms with Gasteiger partial charge in [-0.3, -0.25) is 20.1 Å². The monoisotopic (exact) mass is 612 g/mol. The fourth-order valence-electron chi connectivity index (χ4n) is 3.22. The predicted octanol–water partition coefficient (Wildman–Crippen LogP) is 5.66. The van der Waals surface area contributed by atoms with Crippen molar-refractivity contribution in [1.82, 2.24) is 5.48 Å². The van der Waals surface area contributed by atoms with Crippen LogP contribution in [0, 0.1) is 0 Å². The number of Topliss-reactive ketones (excluding diaryl/α,β-unsaturated/α-hetero) is 1. The van der Waals surface area contributed by atoms with Crippen LogP contribution in [-0.2, 0) is 14.3 Å². The number of hydrogen-bond donors (Lipinski definition) is 4. The number of halogens is 2. The van der Waals surface area contributed by atoms with Crippen LogP contribution in [-0.4, -0.2) is 40.8 Å². The molecule has 0 saturated heterocycles. The number of carbonyl (C=O) groups is 3. The highest BCUT2D eigenvalue weighted by Gasteiger charge is 2.31. The lowest BCUT2D eigenvalue weighted by Gasteiger charge is -2.28. The Hall–Kier alpha value is -2.73. The zero-order valence-corrected chi connectivity index (χ0v) is 22.3. The van der Waals surface area contributed by atoms with E-state index in [9.17, 15) is 19.5 Å². The molecule has 0 heterocycles. The highest BCUT2D eigenvalue weighted by molar-refractivity contribution is 9.11. The Morgan fingerprint density at radius 2 is 1.83 bits per heavy atom. The Kier molecular flexibility index (Phi) is 11.4. The molecule has 2 aromatic carbocycles. The van der Waals surface area contributed by atoms with E-state index in [1.807, 2.05) is 0 Å². The molecule has 0 spiro atoms. The fraction of sp³-hybridized carbons (Fsp3) is 0.292. The topological polar surface area (TPSA) is 134 Å². The van der Waals surface area contributed by atoms with Gasteiger partial charge in [-0.15, -0.1) is 0 Å². The van der Waals surface area contributed by atoms with E-state index in [2.05, 4.69) is 37.2 Å². The van der Waals surface area contributed by atoms with Crippen molar-refractivity contribution in [2.24, 2.45) is 0 Å². The Bertz CT molecular complexity index is 1070. The molecule has 2 rings (SSSR count). The summed E-state index contributed by atoms with van der Waals surface area (Å²) in [4.78, 5) is 35.5. The molecular weight excluding hydrogens is 588 g/mol. The molecule has 4 N–H and O–H groups in total. The standard InChI is InChI=1S/C24H26Br2N2O7/c1-3-34-20(6-4-5-7-21(30)28-33)23(18-12-16(25)13-19(26)22(18)31)35-24(32)27-17-10-8-15(9-11-17)14(2)29/h5,7-13,20,23,31,33H,3-4,6H2,1-2H3,(H,27,32)(H,28,30)/b7-5+/t20-,23-/m1/s1. The van der Waals surface area contributed by atoms with Crippen molar-refractivity contribution >= 4 is 55.3 Å². The normalized spacial score (nSPS) is 12.7. The number of phenols is 1. The van der Waals surface area contributed by atoms with Gasteiger partial charge >= 0.3 is 6.09 Å². The van der Waals surface area contributed by atoms with Crippen molar-refractivity contribution in [2.75, 3.05) is 11.9 Å². The van der Waals surface area contributed by atoms with Gasteiger partial charge < -0.3 is 14.6 Å². The first kappa shape index (κ1) is 28.5. The second kappa shape index (κ2) is 14.0. The average Bonchev–Trinajstić information content (AvgIpc) is 2.82. The van der Waals surface area contributed by atoms with Crippen LogP contribution in [0.5, 0.6) is 5.75 Å². The predicted molar refractivity (Wildman–Crippen MR) is 137 cm³/mol. The molecule has 0 aliphatic heterocycles. The third-order valence-corrected chi connectivity index (χ3v) is 5.91. The number of hydroxylamine groups is 1. The maximum absolute atomic E-state index is 12.8. The van der Waals surface area contributed by atoms with Crippen molar-refractivity contribution in [3.8, 4) is 5.75 Å². The quantitative estimate of drug-likeness (QED) is 0.111. The van der Waals surface area contributed by atoms with E-state index in [1.165, 1.54) is 18.5 Å². The van der Waals surface area contributed by atoms with Gasteiger partial charge in [0, 0.05) is 34.0 Å². The van der Waals surface area contributed by atoms with Gasteiger partial charge in [0.1, 0.15) is 5.75 Å². The molecule has 9 nitrogen and oxygen atoms in total. The fourth-order valence-corrected chi connectivity index (χ4v) is 4.48. The number of allylic oxidation sites excluding steroid dienone is 1. The van der Waals surface area contributed by atoms with Crippen LogP contribution >= 0.6 is 31.9 Å².